The lowest BCUT2D eigenvalue weighted by Gasteiger charge is -2.30. The molecule has 2 nitrogen and oxygen atoms in total. The van der Waals surface area contributed by atoms with Gasteiger partial charge in [-0.15, -0.1) is 11.3 Å². The lowest BCUT2D eigenvalue weighted by atomic mass is 9.92. The van der Waals surface area contributed by atoms with Crippen LogP contribution in [0.25, 0.3) is 76.0 Å². The van der Waals surface area contributed by atoms with Gasteiger partial charge in [-0.05, 0) is 99.4 Å². The Hall–Kier alpha value is -6.16. The number of fused-ring (bicyclic) bond motifs is 11. The van der Waals surface area contributed by atoms with Gasteiger partial charge in [-0.25, -0.2) is 0 Å². The molecule has 1 unspecified atom stereocenters. The second-order valence-electron chi connectivity index (χ2n) is 14.2. The molecule has 0 radical (unpaired) electrons. The molecule has 8 aromatic carbocycles. The summed E-state index contributed by atoms with van der Waals surface area (Å²) in [4.78, 5) is 3.98. The third-order valence-corrected chi connectivity index (χ3v) is 12.2. The highest BCUT2D eigenvalue weighted by molar-refractivity contribution is 7.20. The van der Waals surface area contributed by atoms with Gasteiger partial charge in [-0.1, -0.05) is 122 Å². The van der Waals surface area contributed by atoms with Crippen LogP contribution in [0.1, 0.15) is 17.4 Å². The number of allylic oxidation sites excluding steroid dienone is 1. The molecular weight excluding hydrogens is 649 g/mol. The van der Waals surface area contributed by atoms with Gasteiger partial charge in [0, 0.05) is 36.8 Å². The van der Waals surface area contributed by atoms with Crippen LogP contribution in [0, 0.1) is 5.92 Å². The van der Waals surface area contributed by atoms with E-state index in [-0.39, 0.29) is 0 Å². The molecule has 0 saturated carbocycles. The zero-order valence-corrected chi connectivity index (χ0v) is 29.6. The lowest BCUT2D eigenvalue weighted by molar-refractivity contribution is 0.724. The van der Waals surface area contributed by atoms with Crippen molar-refractivity contribution in [1.82, 2.24) is 4.57 Å². The molecule has 2 aromatic heterocycles. The van der Waals surface area contributed by atoms with Crippen molar-refractivity contribution in [1.29, 1.82) is 0 Å². The molecule has 1 aliphatic rings. The normalized spacial score (nSPS) is 14.3. The number of nitrogens with zero attached hydrogens (tertiary/aromatic N) is 2. The van der Waals surface area contributed by atoms with E-state index in [1.165, 1.54) is 91.7 Å². The number of thiophene rings is 1. The Morgan fingerprint density at radius 1 is 0.538 bits per heavy atom. The molecule has 0 saturated heterocycles. The molecule has 0 N–H and O–H groups in total. The van der Waals surface area contributed by atoms with E-state index >= 15 is 0 Å². The number of hydrogen-bond acceptors (Lipinski definition) is 2. The van der Waals surface area contributed by atoms with Crippen LogP contribution >= 0.6 is 11.3 Å². The van der Waals surface area contributed by atoms with Gasteiger partial charge in [0.25, 0.3) is 0 Å². The first-order valence-electron chi connectivity index (χ1n) is 18.2. The number of anilines is 3. The van der Waals surface area contributed by atoms with Gasteiger partial charge in [-0.3, -0.25) is 0 Å². The molecule has 1 atom stereocenters. The zero-order valence-electron chi connectivity index (χ0n) is 28.8. The van der Waals surface area contributed by atoms with Crippen molar-refractivity contribution in [3.63, 3.8) is 0 Å². The largest absolute Gasteiger partial charge is 0.309 e. The molecule has 0 fully saturated rings. The minimum absolute atomic E-state index is 0.494. The number of aromatic nitrogens is 1. The van der Waals surface area contributed by atoms with Crippen LogP contribution < -0.4 is 4.90 Å². The van der Waals surface area contributed by atoms with Gasteiger partial charge < -0.3 is 9.47 Å². The second kappa shape index (κ2) is 11.4. The van der Waals surface area contributed by atoms with E-state index in [9.17, 15) is 0 Å². The Morgan fingerprint density at radius 3 is 2.08 bits per heavy atom. The smallest absolute Gasteiger partial charge is 0.0562 e. The average molecular weight is 683 g/mol. The van der Waals surface area contributed by atoms with Gasteiger partial charge >= 0.3 is 0 Å². The van der Waals surface area contributed by atoms with Gasteiger partial charge in [0.1, 0.15) is 0 Å². The number of para-hydroxylation sites is 2. The van der Waals surface area contributed by atoms with Gasteiger partial charge in [0.15, 0.2) is 0 Å². The molecule has 10 aromatic rings. The van der Waals surface area contributed by atoms with E-state index in [0.717, 1.165) is 12.1 Å². The number of benzene rings is 8. The predicted molar refractivity (Wildman–Crippen MR) is 225 cm³/mol. The van der Waals surface area contributed by atoms with Crippen molar-refractivity contribution < 1.29 is 0 Å². The number of rotatable bonds is 4. The van der Waals surface area contributed by atoms with Crippen LogP contribution in [-0.4, -0.2) is 4.57 Å². The van der Waals surface area contributed by atoms with E-state index in [4.69, 9.17) is 0 Å². The topological polar surface area (TPSA) is 8.17 Å². The summed E-state index contributed by atoms with van der Waals surface area (Å²) in [5.74, 6) is 0.494. The molecule has 0 spiro atoms. The molecule has 52 heavy (non-hydrogen) atoms. The van der Waals surface area contributed by atoms with E-state index in [2.05, 4.69) is 186 Å². The molecule has 2 heterocycles. The maximum absolute atomic E-state index is 2.60. The van der Waals surface area contributed by atoms with Crippen LogP contribution in [0.5, 0.6) is 0 Å². The highest BCUT2D eigenvalue weighted by Crippen LogP contribution is 2.51. The Labute approximate surface area is 306 Å². The second-order valence-corrected chi connectivity index (χ2v) is 15.2. The molecule has 0 amide bonds. The molecular formula is C49H34N2S. The van der Waals surface area contributed by atoms with Crippen molar-refractivity contribution in [2.24, 2.45) is 5.92 Å². The van der Waals surface area contributed by atoms with E-state index in [1.54, 1.807) is 0 Å². The first-order valence-corrected chi connectivity index (χ1v) is 19.0. The minimum atomic E-state index is 0.494. The van der Waals surface area contributed by atoms with Crippen LogP contribution in [-0.2, 0) is 6.42 Å². The highest BCUT2D eigenvalue weighted by Gasteiger charge is 2.27. The predicted octanol–water partition coefficient (Wildman–Crippen LogP) is 14.1. The summed E-state index contributed by atoms with van der Waals surface area (Å²) < 4.78 is 3.76. The SMILES string of the molecule is CC1C=Cc2sc3cccc(N(c4cc5ccc6ccccc6c5c5ccccc45)c4cccc5c4c4ccccc4n5-c4ccccc4)c3c2C1. The van der Waals surface area contributed by atoms with Crippen LogP contribution in [0.4, 0.5) is 17.1 Å². The summed E-state index contributed by atoms with van der Waals surface area (Å²) >= 11 is 1.92. The van der Waals surface area contributed by atoms with E-state index in [1.807, 2.05) is 11.3 Å². The van der Waals surface area contributed by atoms with Crippen LogP contribution in [0.15, 0.2) is 164 Å². The fraction of sp³-hybridized carbons (Fsp3) is 0.0612. The molecule has 11 rings (SSSR count). The zero-order chi connectivity index (χ0) is 34.3. The highest BCUT2D eigenvalue weighted by atomic mass is 32.1. The molecule has 3 heteroatoms. The fourth-order valence-corrected chi connectivity index (χ4v) is 10.0. The van der Waals surface area contributed by atoms with Crippen molar-refractivity contribution in [2.75, 3.05) is 4.90 Å². The standard InChI is InChI=1S/C49H34N2S/c1-31-25-28-45-39(29-31)49-43(23-12-24-46(49)52-45)51(44-30-33-27-26-32-13-5-6-16-35(32)47(33)37-18-8-7-17-36(37)44)42-22-11-21-41-48(42)38-19-9-10-20-40(38)50(41)34-14-3-2-4-15-34/h2-28,30-31H,29H2,1H3. The Morgan fingerprint density at radius 2 is 1.21 bits per heavy atom. The Bertz CT molecular complexity index is 3070. The fourth-order valence-electron chi connectivity index (χ4n) is 8.85. The Kier molecular flexibility index (Phi) is 6.50. The summed E-state index contributed by atoms with van der Waals surface area (Å²) in [5.41, 5.74) is 8.63. The summed E-state index contributed by atoms with van der Waals surface area (Å²) in [7, 11) is 0. The summed E-state index contributed by atoms with van der Waals surface area (Å²) in [5, 5.41) is 11.5. The molecule has 246 valence electrons. The monoisotopic (exact) mass is 682 g/mol. The number of hydrogen-bond donors (Lipinski definition) is 0. The quantitative estimate of drug-likeness (QED) is 0.168. The first kappa shape index (κ1) is 29.6. The molecule has 0 aliphatic heterocycles. The van der Waals surface area contributed by atoms with E-state index < -0.39 is 0 Å². The van der Waals surface area contributed by atoms with Crippen molar-refractivity contribution in [2.45, 2.75) is 13.3 Å². The Balaban J connectivity index is 1.31. The minimum Gasteiger partial charge on any atom is -0.309 e. The maximum Gasteiger partial charge on any atom is 0.0562 e. The summed E-state index contributed by atoms with van der Waals surface area (Å²) in [6.45, 7) is 2.34. The third-order valence-electron chi connectivity index (χ3n) is 11.1. The van der Waals surface area contributed by atoms with Crippen molar-refractivity contribution >= 4 is 98.7 Å². The molecule has 0 bridgehead atoms. The van der Waals surface area contributed by atoms with E-state index in [0.29, 0.717) is 5.92 Å². The van der Waals surface area contributed by atoms with Gasteiger partial charge in [0.05, 0.1) is 28.1 Å². The van der Waals surface area contributed by atoms with Crippen molar-refractivity contribution in [3.8, 4) is 5.69 Å². The first-order chi connectivity index (χ1) is 25.7. The molecule has 1 aliphatic carbocycles. The summed E-state index contributed by atoms with van der Waals surface area (Å²) in [6.07, 6.45) is 5.77. The average Bonchev–Trinajstić information content (AvgIpc) is 3.74. The van der Waals surface area contributed by atoms with Crippen LogP contribution in [0.2, 0.25) is 0 Å². The third kappa shape index (κ3) is 4.30. The van der Waals surface area contributed by atoms with Gasteiger partial charge in [0.2, 0.25) is 0 Å². The summed E-state index contributed by atoms with van der Waals surface area (Å²) in [6, 6.07) is 58.3. The van der Waals surface area contributed by atoms with Crippen molar-refractivity contribution in [3.05, 3.63) is 174 Å². The van der Waals surface area contributed by atoms with Crippen LogP contribution in [0.3, 0.4) is 0 Å². The lowest BCUT2D eigenvalue weighted by Crippen LogP contribution is -2.12. The van der Waals surface area contributed by atoms with Gasteiger partial charge in [-0.2, -0.15) is 0 Å². The maximum atomic E-state index is 2.60.